The SMILES string of the molecule is CC(C)S(=O)(=O)c1c(Cl)ccc(Nc2nc3c(c(=O)[nH]2)CCC3)c1O. The molecule has 0 aliphatic heterocycles. The predicted molar refractivity (Wildman–Crippen MR) is 95.6 cm³/mol. The quantitative estimate of drug-likeness (QED) is 0.699. The van der Waals surface area contributed by atoms with Crippen molar-refractivity contribution in [3.05, 3.63) is 38.8 Å². The van der Waals surface area contributed by atoms with Crippen LogP contribution in [0.1, 0.15) is 31.5 Å². The minimum Gasteiger partial charge on any atom is -0.504 e. The summed E-state index contributed by atoms with van der Waals surface area (Å²) in [6, 6.07) is 2.81. The minimum atomic E-state index is -3.79. The lowest BCUT2D eigenvalue weighted by molar-refractivity contribution is 0.460. The zero-order valence-electron chi connectivity index (χ0n) is 13.8. The Hall–Kier alpha value is -2.06. The van der Waals surface area contributed by atoms with E-state index in [0.29, 0.717) is 18.4 Å². The second-order valence-electron chi connectivity index (χ2n) is 6.18. The molecule has 0 atom stereocenters. The molecule has 0 radical (unpaired) electrons. The summed E-state index contributed by atoms with van der Waals surface area (Å²) in [4.78, 5) is 18.7. The van der Waals surface area contributed by atoms with Crippen molar-refractivity contribution in [2.24, 2.45) is 0 Å². The molecule has 0 saturated carbocycles. The topological polar surface area (TPSA) is 112 Å². The Kier molecular flexibility index (Phi) is 4.51. The van der Waals surface area contributed by atoms with Crippen molar-refractivity contribution in [3.63, 3.8) is 0 Å². The summed E-state index contributed by atoms with van der Waals surface area (Å²) in [5.41, 5.74) is 1.27. The van der Waals surface area contributed by atoms with Gasteiger partial charge in [-0.2, -0.15) is 0 Å². The molecule has 7 nitrogen and oxygen atoms in total. The van der Waals surface area contributed by atoms with Crippen molar-refractivity contribution in [3.8, 4) is 5.75 Å². The first-order chi connectivity index (χ1) is 11.7. The van der Waals surface area contributed by atoms with Crippen LogP contribution in [0.5, 0.6) is 5.75 Å². The van der Waals surface area contributed by atoms with Gasteiger partial charge in [-0.15, -0.1) is 0 Å². The summed E-state index contributed by atoms with van der Waals surface area (Å²) in [5, 5.41) is 12.4. The highest BCUT2D eigenvalue weighted by Gasteiger charge is 2.28. The highest BCUT2D eigenvalue weighted by Crippen LogP contribution is 2.39. The number of phenols is 1. The Balaban J connectivity index is 2.06. The van der Waals surface area contributed by atoms with Gasteiger partial charge in [-0.25, -0.2) is 13.4 Å². The van der Waals surface area contributed by atoms with Crippen molar-refractivity contribution in [1.29, 1.82) is 0 Å². The number of hydrogen-bond acceptors (Lipinski definition) is 6. The van der Waals surface area contributed by atoms with E-state index in [-0.39, 0.29) is 27.1 Å². The molecule has 0 amide bonds. The van der Waals surface area contributed by atoms with Gasteiger partial charge in [0.05, 0.1) is 21.7 Å². The number of rotatable bonds is 4. The molecule has 0 fully saturated rings. The number of halogens is 1. The number of aromatic amines is 1. The fourth-order valence-electron chi connectivity index (χ4n) is 2.78. The maximum atomic E-state index is 12.4. The van der Waals surface area contributed by atoms with E-state index in [4.69, 9.17) is 11.6 Å². The minimum absolute atomic E-state index is 0.0628. The molecule has 3 N–H and O–H groups in total. The van der Waals surface area contributed by atoms with E-state index in [2.05, 4.69) is 15.3 Å². The van der Waals surface area contributed by atoms with Crippen molar-refractivity contribution in [2.75, 3.05) is 5.32 Å². The monoisotopic (exact) mass is 383 g/mol. The third-order valence-corrected chi connectivity index (χ3v) is 6.83. The van der Waals surface area contributed by atoms with Crippen LogP contribution in [-0.4, -0.2) is 28.7 Å². The number of fused-ring (bicyclic) bond motifs is 1. The number of nitrogens with one attached hydrogen (secondary N) is 2. The number of hydrogen-bond donors (Lipinski definition) is 3. The lowest BCUT2D eigenvalue weighted by atomic mass is 10.2. The second kappa shape index (κ2) is 6.34. The van der Waals surface area contributed by atoms with Crippen LogP contribution in [0.2, 0.25) is 5.02 Å². The highest BCUT2D eigenvalue weighted by molar-refractivity contribution is 7.92. The average molecular weight is 384 g/mol. The van der Waals surface area contributed by atoms with Crippen LogP contribution in [0.4, 0.5) is 11.6 Å². The Labute approximate surface area is 150 Å². The highest BCUT2D eigenvalue weighted by atomic mass is 35.5. The van der Waals surface area contributed by atoms with E-state index < -0.39 is 20.8 Å². The maximum Gasteiger partial charge on any atom is 0.255 e. The zero-order chi connectivity index (χ0) is 18.4. The number of H-pyrrole nitrogens is 1. The number of phenolic OH excluding ortho intramolecular Hbond substituents is 1. The van der Waals surface area contributed by atoms with Gasteiger partial charge in [0.15, 0.2) is 15.6 Å². The molecule has 1 aromatic heterocycles. The first kappa shape index (κ1) is 17.8. The lowest BCUT2D eigenvalue weighted by Crippen LogP contribution is -2.17. The van der Waals surface area contributed by atoms with Gasteiger partial charge in [0.1, 0.15) is 4.90 Å². The molecule has 0 spiro atoms. The van der Waals surface area contributed by atoms with Crippen LogP contribution >= 0.6 is 11.6 Å². The van der Waals surface area contributed by atoms with Crippen LogP contribution < -0.4 is 10.9 Å². The third kappa shape index (κ3) is 3.11. The van der Waals surface area contributed by atoms with E-state index >= 15 is 0 Å². The maximum absolute atomic E-state index is 12.4. The predicted octanol–water partition coefficient (Wildman–Crippen LogP) is 2.54. The van der Waals surface area contributed by atoms with E-state index in [0.717, 1.165) is 12.1 Å². The molecule has 1 aliphatic rings. The smallest absolute Gasteiger partial charge is 0.255 e. The molecule has 1 aromatic carbocycles. The van der Waals surface area contributed by atoms with Gasteiger partial charge in [-0.3, -0.25) is 9.78 Å². The van der Waals surface area contributed by atoms with Crippen molar-refractivity contribution in [2.45, 2.75) is 43.3 Å². The van der Waals surface area contributed by atoms with E-state index in [9.17, 15) is 18.3 Å². The molecule has 9 heteroatoms. The third-order valence-electron chi connectivity index (χ3n) is 4.18. The summed E-state index contributed by atoms with van der Waals surface area (Å²) in [6.45, 7) is 3.01. The molecule has 2 aromatic rings. The van der Waals surface area contributed by atoms with Gasteiger partial charge in [0.25, 0.3) is 5.56 Å². The first-order valence-corrected chi connectivity index (χ1v) is 9.78. The molecule has 1 heterocycles. The average Bonchev–Trinajstić information content (AvgIpc) is 2.99. The number of benzene rings is 1. The Morgan fingerprint density at radius 3 is 2.72 bits per heavy atom. The van der Waals surface area contributed by atoms with Crippen LogP contribution in [0.15, 0.2) is 21.8 Å². The molecule has 3 rings (SSSR count). The summed E-state index contributed by atoms with van der Waals surface area (Å²) < 4.78 is 24.9. The van der Waals surface area contributed by atoms with Gasteiger partial charge in [-0.05, 0) is 45.2 Å². The van der Waals surface area contributed by atoms with E-state index in [1.807, 2.05) is 0 Å². The standard InChI is InChI=1S/C16H18ClN3O4S/c1-8(2)25(23,24)14-10(17)6-7-12(13(14)21)19-16-18-11-5-3-4-9(11)15(22)20-16/h6-8,21H,3-5H2,1-2H3,(H2,18,19,20,22). The largest absolute Gasteiger partial charge is 0.504 e. The molecule has 0 bridgehead atoms. The number of sulfone groups is 1. The van der Waals surface area contributed by atoms with Crippen LogP contribution in [0.3, 0.4) is 0 Å². The summed E-state index contributed by atoms with van der Waals surface area (Å²) in [5.74, 6) is -0.347. The van der Waals surface area contributed by atoms with Crippen LogP contribution in [0, 0.1) is 0 Å². The van der Waals surface area contributed by atoms with Crippen molar-refractivity contribution < 1.29 is 13.5 Å². The lowest BCUT2D eigenvalue weighted by Gasteiger charge is -2.15. The molecular formula is C16H18ClN3O4S. The molecule has 25 heavy (non-hydrogen) atoms. The molecule has 0 unspecified atom stereocenters. The van der Waals surface area contributed by atoms with Gasteiger partial charge in [-0.1, -0.05) is 11.6 Å². The molecular weight excluding hydrogens is 366 g/mol. The second-order valence-corrected chi connectivity index (χ2v) is 9.03. The molecule has 134 valence electrons. The Bertz CT molecular complexity index is 999. The fraction of sp³-hybridized carbons (Fsp3) is 0.375. The zero-order valence-corrected chi connectivity index (χ0v) is 15.3. The Morgan fingerprint density at radius 2 is 2.04 bits per heavy atom. The summed E-state index contributed by atoms with van der Waals surface area (Å²) in [6.07, 6.45) is 2.28. The number of aromatic nitrogens is 2. The first-order valence-electron chi connectivity index (χ1n) is 7.86. The van der Waals surface area contributed by atoms with Crippen molar-refractivity contribution in [1.82, 2.24) is 9.97 Å². The normalized spacial score (nSPS) is 13.9. The number of nitrogens with zero attached hydrogens (tertiary/aromatic N) is 1. The van der Waals surface area contributed by atoms with Gasteiger partial charge < -0.3 is 10.4 Å². The summed E-state index contributed by atoms with van der Waals surface area (Å²) >= 11 is 5.99. The van der Waals surface area contributed by atoms with Crippen LogP contribution in [0.25, 0.3) is 0 Å². The van der Waals surface area contributed by atoms with Gasteiger partial charge in [0, 0.05) is 5.56 Å². The van der Waals surface area contributed by atoms with Crippen molar-refractivity contribution >= 4 is 33.1 Å². The molecule has 0 saturated heterocycles. The molecule has 1 aliphatic carbocycles. The number of aromatic hydroxyl groups is 1. The number of aryl methyl sites for hydroxylation is 1. The number of anilines is 2. The van der Waals surface area contributed by atoms with E-state index in [1.54, 1.807) is 0 Å². The van der Waals surface area contributed by atoms with Gasteiger partial charge >= 0.3 is 0 Å². The van der Waals surface area contributed by atoms with Crippen LogP contribution in [-0.2, 0) is 22.7 Å². The summed E-state index contributed by atoms with van der Waals surface area (Å²) in [7, 11) is -3.79. The van der Waals surface area contributed by atoms with E-state index in [1.165, 1.54) is 26.0 Å². The van der Waals surface area contributed by atoms with Gasteiger partial charge in [0.2, 0.25) is 5.95 Å². The fourth-order valence-corrected chi connectivity index (χ4v) is 4.45. The Morgan fingerprint density at radius 1 is 1.32 bits per heavy atom.